The third-order valence-corrected chi connectivity index (χ3v) is 6.66. The van der Waals surface area contributed by atoms with Crippen molar-refractivity contribution >= 4 is 53.2 Å². The number of β-lactam (4-membered cyclic amide) rings is 1. The minimum Gasteiger partial charge on any atom is -0.477 e. The van der Waals surface area contributed by atoms with Crippen molar-refractivity contribution in [3.05, 3.63) is 35.4 Å². The highest BCUT2D eigenvalue weighted by Crippen LogP contribution is 2.40. The maximum Gasteiger partial charge on any atom is 0.352 e. The second kappa shape index (κ2) is 11.4. The Morgan fingerprint density at radius 1 is 1.29 bits per heavy atom. The van der Waals surface area contributed by atoms with Gasteiger partial charge in [0, 0.05) is 25.3 Å². The lowest BCUT2D eigenvalue weighted by atomic mass is 10.0. The first-order valence-electron chi connectivity index (χ1n) is 11.0. The molecular formula is C22H25N5O10S. The van der Waals surface area contributed by atoms with Crippen LogP contribution < -0.4 is 16.0 Å². The second-order valence-corrected chi connectivity index (χ2v) is 9.56. The zero-order chi connectivity index (χ0) is 28.2. The van der Waals surface area contributed by atoms with E-state index in [1.807, 2.05) is 5.32 Å². The fraction of sp³-hybridized carbons (Fsp3) is 0.409. The molecule has 1 aromatic heterocycles. The van der Waals surface area contributed by atoms with Gasteiger partial charge in [-0.15, -0.1) is 11.8 Å². The highest BCUT2D eigenvalue weighted by atomic mass is 32.2. The average Bonchev–Trinajstić information content (AvgIpc) is 3.39. The van der Waals surface area contributed by atoms with Gasteiger partial charge in [-0.3, -0.25) is 29.4 Å². The SMILES string of the molecule is CNC(=O)NC(=O)C(C)(C)ON=C(C(=O)N[C@@H]1C(=O)N2C(C(=O)O)=C(COC(C)=O)CS[C@H]12)c1ccco1. The molecule has 1 fully saturated rings. The first kappa shape index (κ1) is 28.2. The number of nitrogens with zero attached hydrogens (tertiary/aromatic N) is 2. The predicted octanol–water partition coefficient (Wildman–Crippen LogP) is -0.464. The number of hydrogen-bond donors (Lipinski definition) is 4. The molecule has 0 aliphatic carbocycles. The molecule has 5 amide bonds. The van der Waals surface area contributed by atoms with Crippen molar-refractivity contribution in [3.8, 4) is 0 Å². The molecule has 204 valence electrons. The van der Waals surface area contributed by atoms with Gasteiger partial charge in [0.2, 0.25) is 11.3 Å². The van der Waals surface area contributed by atoms with Gasteiger partial charge in [-0.05, 0) is 26.0 Å². The van der Waals surface area contributed by atoms with Crippen molar-refractivity contribution in [2.75, 3.05) is 19.4 Å². The summed E-state index contributed by atoms with van der Waals surface area (Å²) in [7, 11) is 1.32. The monoisotopic (exact) mass is 551 g/mol. The van der Waals surface area contributed by atoms with Crippen LogP contribution in [0.5, 0.6) is 0 Å². The summed E-state index contributed by atoms with van der Waals surface area (Å²) >= 11 is 1.18. The number of carbonyl (C=O) groups excluding carboxylic acids is 5. The van der Waals surface area contributed by atoms with Crippen molar-refractivity contribution in [1.29, 1.82) is 0 Å². The normalized spacial score (nSPS) is 19.1. The van der Waals surface area contributed by atoms with E-state index in [1.165, 1.54) is 58.0 Å². The third-order valence-electron chi connectivity index (χ3n) is 5.32. The lowest BCUT2D eigenvalue weighted by Gasteiger charge is -2.49. The number of imide groups is 1. The zero-order valence-electron chi connectivity index (χ0n) is 20.7. The van der Waals surface area contributed by atoms with E-state index >= 15 is 0 Å². The van der Waals surface area contributed by atoms with Crippen LogP contribution in [0, 0.1) is 0 Å². The molecule has 1 aromatic rings. The highest BCUT2D eigenvalue weighted by molar-refractivity contribution is 8.00. The van der Waals surface area contributed by atoms with Crippen LogP contribution in [0.2, 0.25) is 0 Å². The van der Waals surface area contributed by atoms with Crippen LogP contribution in [0.25, 0.3) is 0 Å². The summed E-state index contributed by atoms with van der Waals surface area (Å²) in [6.07, 6.45) is 1.27. The average molecular weight is 552 g/mol. The number of hydrogen-bond acceptors (Lipinski definition) is 11. The number of furan rings is 1. The Kier molecular flexibility index (Phi) is 8.45. The Labute approximate surface area is 219 Å². The number of carboxylic acids is 1. The number of ether oxygens (including phenoxy) is 1. The van der Waals surface area contributed by atoms with Crippen LogP contribution in [0.15, 0.2) is 39.2 Å². The molecule has 3 heterocycles. The minimum atomic E-state index is -1.69. The second-order valence-electron chi connectivity index (χ2n) is 8.45. The summed E-state index contributed by atoms with van der Waals surface area (Å²) in [5.74, 6) is -4.31. The number of esters is 1. The fourth-order valence-electron chi connectivity index (χ4n) is 3.32. The molecule has 3 rings (SSSR count). The van der Waals surface area contributed by atoms with E-state index in [1.54, 1.807) is 0 Å². The van der Waals surface area contributed by atoms with Gasteiger partial charge < -0.3 is 29.7 Å². The summed E-state index contributed by atoms with van der Waals surface area (Å²) in [6.45, 7) is 3.52. The first-order valence-corrected chi connectivity index (χ1v) is 12.1. The molecule has 38 heavy (non-hydrogen) atoms. The van der Waals surface area contributed by atoms with Gasteiger partial charge in [-0.2, -0.15) is 0 Å². The number of aliphatic carboxylic acids is 1. The van der Waals surface area contributed by atoms with E-state index in [0.29, 0.717) is 0 Å². The summed E-state index contributed by atoms with van der Waals surface area (Å²) < 4.78 is 10.1. The summed E-state index contributed by atoms with van der Waals surface area (Å²) in [6, 6.07) is 0.991. The molecule has 4 N–H and O–H groups in total. The largest absolute Gasteiger partial charge is 0.477 e. The van der Waals surface area contributed by atoms with Crippen molar-refractivity contribution in [3.63, 3.8) is 0 Å². The van der Waals surface area contributed by atoms with Crippen molar-refractivity contribution < 1.29 is 47.9 Å². The Morgan fingerprint density at radius 2 is 2.00 bits per heavy atom. The van der Waals surface area contributed by atoms with Crippen LogP contribution >= 0.6 is 11.8 Å². The summed E-state index contributed by atoms with van der Waals surface area (Å²) in [5.41, 5.74) is -2.16. The summed E-state index contributed by atoms with van der Waals surface area (Å²) in [4.78, 5) is 79.1. The number of carboxylic acid groups (broad SMARTS) is 1. The number of urea groups is 1. The lowest BCUT2D eigenvalue weighted by molar-refractivity contribution is -0.150. The number of carbonyl (C=O) groups is 6. The molecule has 2 aliphatic rings. The third kappa shape index (κ3) is 5.96. The van der Waals surface area contributed by atoms with E-state index in [0.717, 1.165) is 4.90 Å². The molecule has 0 radical (unpaired) electrons. The first-order chi connectivity index (χ1) is 17.9. The Morgan fingerprint density at radius 3 is 2.58 bits per heavy atom. The smallest absolute Gasteiger partial charge is 0.352 e. The standard InChI is InChI=1S/C22H25N5O10S/c1-10(28)36-8-11-9-38-18-14(17(30)27(18)15(11)19(31)32)24-16(29)13(12-6-5-7-35-12)26-37-22(2,3)20(33)25-21(34)23-4/h5-7,14,18H,8-9H2,1-4H3,(H,24,29)(H,31,32)(H2,23,25,33,34)/t14-,18-/m1/s1. The molecule has 2 aliphatic heterocycles. The molecule has 1 saturated heterocycles. The molecule has 0 saturated carbocycles. The summed E-state index contributed by atoms with van der Waals surface area (Å²) in [5, 5.41) is 19.4. The fourth-order valence-corrected chi connectivity index (χ4v) is 4.65. The quantitative estimate of drug-likeness (QED) is 0.134. The van der Waals surface area contributed by atoms with Crippen LogP contribution in [-0.2, 0) is 33.5 Å². The Balaban J connectivity index is 1.78. The van der Waals surface area contributed by atoms with Crippen molar-refractivity contribution in [2.24, 2.45) is 5.16 Å². The predicted molar refractivity (Wildman–Crippen MR) is 129 cm³/mol. The van der Waals surface area contributed by atoms with E-state index in [-0.39, 0.29) is 29.4 Å². The Hall–Kier alpha value is -4.34. The van der Waals surface area contributed by atoms with E-state index < -0.39 is 58.4 Å². The maximum atomic E-state index is 13.1. The van der Waals surface area contributed by atoms with Gasteiger partial charge in [0.05, 0.1) is 6.26 Å². The number of amides is 5. The van der Waals surface area contributed by atoms with Gasteiger partial charge in [0.25, 0.3) is 17.7 Å². The number of nitrogens with one attached hydrogen (secondary N) is 3. The Bertz CT molecular complexity index is 1220. The zero-order valence-corrected chi connectivity index (χ0v) is 21.5. The van der Waals surface area contributed by atoms with E-state index in [2.05, 4.69) is 15.8 Å². The molecule has 0 aromatic carbocycles. The maximum absolute atomic E-state index is 13.1. The topological polar surface area (TPSA) is 206 Å². The lowest BCUT2D eigenvalue weighted by Crippen LogP contribution is -2.71. The van der Waals surface area contributed by atoms with E-state index in [9.17, 15) is 33.9 Å². The minimum absolute atomic E-state index is 0.0419. The number of oxime groups is 1. The van der Waals surface area contributed by atoms with Crippen LogP contribution in [-0.4, -0.2) is 87.8 Å². The molecule has 15 nitrogen and oxygen atoms in total. The molecule has 0 unspecified atom stereocenters. The van der Waals surface area contributed by atoms with Gasteiger partial charge in [-0.25, -0.2) is 9.59 Å². The van der Waals surface area contributed by atoms with E-state index in [4.69, 9.17) is 14.0 Å². The van der Waals surface area contributed by atoms with Gasteiger partial charge in [-0.1, -0.05) is 5.16 Å². The van der Waals surface area contributed by atoms with Crippen LogP contribution in [0.1, 0.15) is 26.5 Å². The van der Waals surface area contributed by atoms with Gasteiger partial charge in [0.15, 0.2) is 5.76 Å². The molecular weight excluding hydrogens is 526 g/mol. The number of rotatable bonds is 9. The number of fused-ring (bicyclic) bond motifs is 1. The van der Waals surface area contributed by atoms with Gasteiger partial charge in [0.1, 0.15) is 23.7 Å². The number of thioether (sulfide) groups is 1. The van der Waals surface area contributed by atoms with Crippen molar-refractivity contribution in [1.82, 2.24) is 20.9 Å². The molecule has 2 atom stereocenters. The van der Waals surface area contributed by atoms with Crippen molar-refractivity contribution in [2.45, 2.75) is 37.8 Å². The highest BCUT2D eigenvalue weighted by Gasteiger charge is 2.54. The van der Waals surface area contributed by atoms with Crippen LogP contribution in [0.3, 0.4) is 0 Å². The molecule has 16 heteroatoms. The molecule has 0 spiro atoms. The van der Waals surface area contributed by atoms with Crippen LogP contribution in [0.4, 0.5) is 4.79 Å². The van der Waals surface area contributed by atoms with Gasteiger partial charge >= 0.3 is 18.0 Å². The molecule has 0 bridgehead atoms.